The van der Waals surface area contributed by atoms with Crippen molar-refractivity contribution in [1.82, 2.24) is 24.6 Å². The second-order valence-electron chi connectivity index (χ2n) is 6.94. The van der Waals surface area contributed by atoms with Crippen molar-refractivity contribution in [2.24, 2.45) is 0 Å². The molecule has 3 aromatic heterocycles. The van der Waals surface area contributed by atoms with Gasteiger partial charge in [0, 0.05) is 31.4 Å². The van der Waals surface area contributed by atoms with Crippen molar-refractivity contribution in [3.63, 3.8) is 0 Å². The number of hydrogen-bond acceptors (Lipinski definition) is 7. The van der Waals surface area contributed by atoms with Gasteiger partial charge in [0.1, 0.15) is 11.2 Å². The van der Waals surface area contributed by atoms with Gasteiger partial charge in [-0.3, -0.25) is 4.68 Å². The van der Waals surface area contributed by atoms with Crippen LogP contribution in [0.2, 0.25) is 5.28 Å². The number of aryl methyl sites for hydroxylation is 1. The van der Waals surface area contributed by atoms with Crippen LogP contribution in [-0.2, 0) is 11.3 Å². The van der Waals surface area contributed by atoms with Crippen molar-refractivity contribution in [3.8, 4) is 11.5 Å². The van der Waals surface area contributed by atoms with Gasteiger partial charge in [0.25, 0.3) is 0 Å². The van der Waals surface area contributed by atoms with Crippen LogP contribution in [0.25, 0.3) is 22.6 Å². The third-order valence-electron chi connectivity index (χ3n) is 4.63. The standard InChI is InChI=1S/C18H23ClN6O2/c1-12-10-13(22-25(12)5-4-23(2)3)15-11-14-16(27-15)17(21-18(19)20-14)24-6-8-26-9-7-24/h10-11H,4-9H2,1-3H3. The topological polar surface area (TPSA) is 72.5 Å². The second-order valence-corrected chi connectivity index (χ2v) is 7.28. The predicted octanol–water partition coefficient (Wildman–Crippen LogP) is 2.45. The molecule has 0 unspecified atom stereocenters. The van der Waals surface area contributed by atoms with Crippen LogP contribution < -0.4 is 4.90 Å². The van der Waals surface area contributed by atoms with Gasteiger partial charge in [-0.25, -0.2) is 4.98 Å². The molecule has 0 N–H and O–H groups in total. The first kappa shape index (κ1) is 18.2. The largest absolute Gasteiger partial charge is 0.449 e. The average Bonchev–Trinajstić information content (AvgIpc) is 3.23. The molecule has 144 valence electrons. The smallest absolute Gasteiger partial charge is 0.225 e. The van der Waals surface area contributed by atoms with E-state index in [0.717, 1.165) is 37.6 Å². The van der Waals surface area contributed by atoms with Crippen molar-refractivity contribution in [2.45, 2.75) is 13.5 Å². The van der Waals surface area contributed by atoms with E-state index in [1.807, 2.05) is 23.7 Å². The maximum Gasteiger partial charge on any atom is 0.225 e. The van der Waals surface area contributed by atoms with Crippen LogP contribution in [0.5, 0.6) is 0 Å². The lowest BCUT2D eigenvalue weighted by Gasteiger charge is -2.27. The molecule has 0 atom stereocenters. The van der Waals surface area contributed by atoms with Crippen LogP contribution in [0.4, 0.5) is 5.82 Å². The fourth-order valence-corrected chi connectivity index (χ4v) is 3.33. The highest BCUT2D eigenvalue weighted by atomic mass is 35.5. The Hall–Kier alpha value is -2.16. The minimum atomic E-state index is 0.212. The number of likely N-dealkylation sites (N-methyl/N-ethyl adjacent to an activating group) is 1. The summed E-state index contributed by atoms with van der Waals surface area (Å²) in [6.45, 7) is 6.60. The highest BCUT2D eigenvalue weighted by Crippen LogP contribution is 2.33. The van der Waals surface area contributed by atoms with Crippen LogP contribution in [0.1, 0.15) is 5.69 Å². The summed E-state index contributed by atoms with van der Waals surface area (Å²) in [6, 6.07) is 3.90. The summed E-state index contributed by atoms with van der Waals surface area (Å²) in [4.78, 5) is 13.0. The number of anilines is 1. The Balaban J connectivity index is 1.70. The highest BCUT2D eigenvalue weighted by Gasteiger charge is 2.21. The van der Waals surface area contributed by atoms with E-state index in [1.54, 1.807) is 0 Å². The van der Waals surface area contributed by atoms with Gasteiger partial charge in [0.05, 0.1) is 19.8 Å². The molecule has 1 aliphatic heterocycles. The molecule has 0 bridgehead atoms. The fourth-order valence-electron chi connectivity index (χ4n) is 3.15. The summed E-state index contributed by atoms with van der Waals surface area (Å²) in [5, 5.41) is 4.91. The molecule has 0 amide bonds. The first-order chi connectivity index (χ1) is 13.0. The third kappa shape index (κ3) is 3.78. The van der Waals surface area contributed by atoms with Crippen LogP contribution >= 0.6 is 11.6 Å². The Morgan fingerprint density at radius 3 is 2.70 bits per heavy atom. The summed E-state index contributed by atoms with van der Waals surface area (Å²) in [6.07, 6.45) is 0. The van der Waals surface area contributed by atoms with E-state index in [-0.39, 0.29) is 5.28 Å². The van der Waals surface area contributed by atoms with Gasteiger partial charge in [0.15, 0.2) is 17.2 Å². The first-order valence-corrected chi connectivity index (χ1v) is 9.38. The third-order valence-corrected chi connectivity index (χ3v) is 4.80. The molecule has 1 saturated heterocycles. The van der Waals surface area contributed by atoms with E-state index in [1.165, 1.54) is 0 Å². The van der Waals surface area contributed by atoms with Gasteiger partial charge in [-0.05, 0) is 38.7 Å². The molecule has 0 spiro atoms. The van der Waals surface area contributed by atoms with Crippen LogP contribution in [0, 0.1) is 6.92 Å². The van der Waals surface area contributed by atoms with Crippen LogP contribution in [0.15, 0.2) is 16.5 Å². The first-order valence-electron chi connectivity index (χ1n) is 9.00. The van der Waals surface area contributed by atoms with Gasteiger partial charge in [-0.15, -0.1) is 0 Å². The molecule has 0 aliphatic carbocycles. The number of rotatable bonds is 5. The number of morpholine rings is 1. The number of nitrogens with zero attached hydrogens (tertiary/aromatic N) is 6. The summed E-state index contributed by atoms with van der Waals surface area (Å²) >= 11 is 6.15. The minimum absolute atomic E-state index is 0.212. The number of aromatic nitrogens is 4. The molecule has 27 heavy (non-hydrogen) atoms. The van der Waals surface area contributed by atoms with Gasteiger partial charge >= 0.3 is 0 Å². The molecule has 9 heteroatoms. The van der Waals surface area contributed by atoms with Crippen molar-refractivity contribution < 1.29 is 9.15 Å². The van der Waals surface area contributed by atoms with Gasteiger partial charge in [-0.2, -0.15) is 10.1 Å². The maximum atomic E-state index is 6.15. The van der Waals surface area contributed by atoms with Crippen LogP contribution in [-0.4, -0.2) is 71.6 Å². The van der Waals surface area contributed by atoms with Crippen molar-refractivity contribution >= 4 is 28.5 Å². The molecule has 4 heterocycles. The Labute approximate surface area is 162 Å². The van der Waals surface area contributed by atoms with Gasteiger partial charge < -0.3 is 19.0 Å². The molecule has 4 rings (SSSR count). The molecule has 0 saturated carbocycles. The molecule has 3 aromatic rings. The Kier molecular flexibility index (Phi) is 5.03. The summed E-state index contributed by atoms with van der Waals surface area (Å²) in [5.41, 5.74) is 3.20. The number of ether oxygens (including phenoxy) is 1. The van der Waals surface area contributed by atoms with Gasteiger partial charge in [0.2, 0.25) is 5.28 Å². The lowest BCUT2D eigenvalue weighted by molar-refractivity contribution is 0.122. The normalized spacial score (nSPS) is 15.2. The Bertz CT molecular complexity index is 945. The van der Waals surface area contributed by atoms with E-state index >= 15 is 0 Å². The SMILES string of the molecule is Cc1cc(-c2cc3nc(Cl)nc(N4CCOCC4)c3o2)nn1CCN(C)C. The number of hydrogen-bond donors (Lipinski definition) is 0. The number of halogens is 1. The van der Waals surface area contributed by atoms with Crippen LogP contribution in [0.3, 0.4) is 0 Å². The summed E-state index contributed by atoms with van der Waals surface area (Å²) in [5.74, 6) is 1.38. The average molecular weight is 391 g/mol. The minimum Gasteiger partial charge on any atom is -0.449 e. The molecule has 0 aromatic carbocycles. The Morgan fingerprint density at radius 1 is 1.19 bits per heavy atom. The van der Waals surface area contributed by atoms with Gasteiger partial charge in [-0.1, -0.05) is 0 Å². The fraction of sp³-hybridized carbons (Fsp3) is 0.500. The zero-order chi connectivity index (χ0) is 19.0. The van der Waals surface area contributed by atoms with Crippen molar-refractivity contribution in [2.75, 3.05) is 51.8 Å². The second kappa shape index (κ2) is 7.46. The zero-order valence-electron chi connectivity index (χ0n) is 15.8. The van der Waals surface area contributed by atoms with E-state index in [9.17, 15) is 0 Å². The van der Waals surface area contributed by atoms with Crippen molar-refractivity contribution in [3.05, 3.63) is 23.1 Å². The number of fused-ring (bicyclic) bond motifs is 1. The van der Waals surface area contributed by atoms with E-state index in [2.05, 4.69) is 33.9 Å². The van der Waals surface area contributed by atoms with E-state index < -0.39 is 0 Å². The zero-order valence-corrected chi connectivity index (χ0v) is 16.5. The Morgan fingerprint density at radius 2 is 1.96 bits per heavy atom. The monoisotopic (exact) mass is 390 g/mol. The number of furan rings is 1. The molecular weight excluding hydrogens is 368 g/mol. The van der Waals surface area contributed by atoms with Crippen molar-refractivity contribution in [1.29, 1.82) is 0 Å². The summed E-state index contributed by atoms with van der Waals surface area (Å²) < 4.78 is 13.6. The lowest BCUT2D eigenvalue weighted by atomic mass is 10.3. The molecular formula is C18H23ClN6O2. The summed E-state index contributed by atoms with van der Waals surface area (Å²) in [7, 11) is 4.10. The maximum absolute atomic E-state index is 6.15. The molecule has 1 aliphatic rings. The lowest BCUT2D eigenvalue weighted by Crippen LogP contribution is -2.36. The molecule has 1 fully saturated rings. The quantitative estimate of drug-likeness (QED) is 0.619. The highest BCUT2D eigenvalue weighted by molar-refractivity contribution is 6.28. The molecule has 0 radical (unpaired) electrons. The van der Waals surface area contributed by atoms with E-state index in [0.29, 0.717) is 35.9 Å². The molecule has 8 nitrogen and oxygen atoms in total. The van der Waals surface area contributed by atoms with E-state index in [4.69, 9.17) is 25.9 Å². The predicted molar refractivity (Wildman–Crippen MR) is 104 cm³/mol.